The zero-order valence-electron chi connectivity index (χ0n) is 21.2. The van der Waals surface area contributed by atoms with E-state index in [2.05, 4.69) is 25.3 Å². The Morgan fingerprint density at radius 1 is 1.10 bits per heavy atom. The molecule has 11 nitrogen and oxygen atoms in total. The van der Waals surface area contributed by atoms with E-state index in [1.54, 1.807) is 24.8 Å². The Morgan fingerprint density at radius 2 is 1.92 bits per heavy atom. The van der Waals surface area contributed by atoms with Crippen LogP contribution in [0.3, 0.4) is 0 Å². The quantitative estimate of drug-likeness (QED) is 0.380. The van der Waals surface area contributed by atoms with Gasteiger partial charge in [0.25, 0.3) is 5.91 Å². The molecule has 2 saturated heterocycles. The highest BCUT2D eigenvalue weighted by Gasteiger charge is 2.46. The van der Waals surface area contributed by atoms with E-state index in [-0.39, 0.29) is 35.5 Å². The number of fused-ring (bicyclic) bond motifs is 3. The van der Waals surface area contributed by atoms with Gasteiger partial charge in [-0.05, 0) is 38.7 Å². The summed E-state index contributed by atoms with van der Waals surface area (Å²) in [6.45, 7) is 1.51. The summed E-state index contributed by atoms with van der Waals surface area (Å²) < 4.78 is 1.54. The van der Waals surface area contributed by atoms with Gasteiger partial charge in [0.15, 0.2) is 11.4 Å². The lowest BCUT2D eigenvalue weighted by molar-refractivity contribution is -0.128. The molecule has 7 rings (SSSR count). The number of Topliss-reactive ketones (excluding diaryl/α,β-unsaturated/α-hetero) is 1. The van der Waals surface area contributed by atoms with E-state index in [1.165, 1.54) is 22.8 Å². The third kappa shape index (κ3) is 3.85. The maximum Gasteiger partial charge on any atom is 0.271 e. The monoisotopic (exact) mass is 539 g/mol. The highest BCUT2D eigenvalue weighted by atomic mass is 32.1. The second kappa shape index (κ2) is 9.16. The zero-order chi connectivity index (χ0) is 26.7. The van der Waals surface area contributed by atoms with Crippen molar-refractivity contribution in [3.05, 3.63) is 47.4 Å². The Labute approximate surface area is 227 Å². The van der Waals surface area contributed by atoms with Crippen molar-refractivity contribution in [3.8, 4) is 21.8 Å². The molecular weight excluding hydrogens is 514 g/mol. The number of pyridine rings is 1. The van der Waals surface area contributed by atoms with Gasteiger partial charge in [-0.3, -0.25) is 14.6 Å². The van der Waals surface area contributed by atoms with Crippen LogP contribution >= 0.6 is 11.3 Å². The number of ketones is 1. The minimum absolute atomic E-state index is 0.00679. The fraction of sp³-hybridized carbons (Fsp3) is 0.333. The van der Waals surface area contributed by atoms with Crippen molar-refractivity contribution < 1.29 is 9.59 Å². The van der Waals surface area contributed by atoms with E-state index in [1.807, 2.05) is 22.4 Å². The third-order valence-corrected chi connectivity index (χ3v) is 8.73. The Hall–Kier alpha value is -4.32. The van der Waals surface area contributed by atoms with E-state index in [9.17, 15) is 9.59 Å². The van der Waals surface area contributed by atoms with Crippen LogP contribution in [-0.4, -0.2) is 65.2 Å². The minimum Gasteiger partial charge on any atom is -0.383 e. The van der Waals surface area contributed by atoms with Gasteiger partial charge in [-0.2, -0.15) is 14.7 Å². The molecule has 3 aliphatic rings. The standard InChI is InChI=1S/C27H25N9O2S/c1-14(37)22-23(16-10-17-3-4-18(11-16)35(17)27(38)21-6-7-31-34-21)33-25-19(13-32-36(25)24(22)28)15-2-5-20(30-12-15)26-29-8-9-39-26/h2,5,7-9,12-13,16-18H,3-4,6,10-11,28H2,1H3. The smallest absolute Gasteiger partial charge is 0.271 e. The number of piperidine rings is 1. The number of amides is 1. The van der Waals surface area contributed by atoms with Gasteiger partial charge in [0.05, 0.1) is 23.1 Å². The van der Waals surface area contributed by atoms with Crippen molar-refractivity contribution in [1.29, 1.82) is 0 Å². The van der Waals surface area contributed by atoms with E-state index < -0.39 is 0 Å². The molecule has 196 valence electrons. The predicted molar refractivity (Wildman–Crippen MR) is 148 cm³/mol. The van der Waals surface area contributed by atoms with Crippen molar-refractivity contribution in [2.75, 3.05) is 5.73 Å². The SMILES string of the molecule is CC(=O)c1c(C2CC3CCC(C2)N3C(=O)C2=NN=CC2)nc2c(-c3ccc(-c4nccs4)nc3)cnn2c1N. The van der Waals surface area contributed by atoms with Crippen molar-refractivity contribution in [3.63, 3.8) is 0 Å². The summed E-state index contributed by atoms with van der Waals surface area (Å²) in [5.74, 6) is 0.101. The van der Waals surface area contributed by atoms with Crippen LogP contribution < -0.4 is 5.73 Å². The Balaban J connectivity index is 1.26. The van der Waals surface area contributed by atoms with Gasteiger partial charge in [0, 0.05) is 59.5 Å². The van der Waals surface area contributed by atoms with Gasteiger partial charge >= 0.3 is 0 Å². The summed E-state index contributed by atoms with van der Waals surface area (Å²) in [5, 5.41) is 15.1. The van der Waals surface area contributed by atoms with Gasteiger partial charge in [0.2, 0.25) is 0 Å². The van der Waals surface area contributed by atoms with E-state index >= 15 is 0 Å². The van der Waals surface area contributed by atoms with Crippen LogP contribution in [0.25, 0.3) is 27.5 Å². The van der Waals surface area contributed by atoms with Gasteiger partial charge in [0.1, 0.15) is 16.5 Å². The molecule has 0 spiro atoms. The Kier molecular flexibility index (Phi) is 5.58. The van der Waals surface area contributed by atoms with Gasteiger partial charge in [-0.25, -0.2) is 9.97 Å². The number of carbonyl (C=O) groups excluding carboxylic acids is 2. The Bertz CT molecular complexity index is 1660. The lowest BCUT2D eigenvalue weighted by Crippen LogP contribution is -2.48. The number of carbonyl (C=O) groups is 2. The van der Waals surface area contributed by atoms with Crippen LogP contribution in [0.15, 0.2) is 46.3 Å². The molecule has 2 bridgehead atoms. The lowest BCUT2D eigenvalue weighted by Gasteiger charge is -2.39. The number of thiazole rings is 1. The molecule has 0 aromatic carbocycles. The van der Waals surface area contributed by atoms with Crippen molar-refractivity contribution in [2.45, 2.75) is 57.0 Å². The fourth-order valence-electron chi connectivity index (χ4n) is 6.21. The topological polar surface area (TPSA) is 144 Å². The molecule has 4 aromatic rings. The maximum absolute atomic E-state index is 13.2. The minimum atomic E-state index is -0.147. The predicted octanol–water partition coefficient (Wildman–Crippen LogP) is 3.77. The highest BCUT2D eigenvalue weighted by molar-refractivity contribution is 7.13. The number of rotatable bonds is 5. The summed E-state index contributed by atoms with van der Waals surface area (Å²) >= 11 is 1.53. The van der Waals surface area contributed by atoms with E-state index in [4.69, 9.17) is 10.7 Å². The number of anilines is 1. The van der Waals surface area contributed by atoms with Crippen LogP contribution in [-0.2, 0) is 4.79 Å². The molecule has 2 unspecified atom stereocenters. The van der Waals surface area contributed by atoms with Gasteiger partial charge in [-0.15, -0.1) is 16.4 Å². The molecule has 2 atom stereocenters. The van der Waals surface area contributed by atoms with Crippen LogP contribution in [0.4, 0.5) is 5.82 Å². The molecule has 12 heteroatoms. The summed E-state index contributed by atoms with van der Waals surface area (Å²) in [6, 6.07) is 4.03. The van der Waals surface area contributed by atoms with Crippen LogP contribution in [0.5, 0.6) is 0 Å². The summed E-state index contributed by atoms with van der Waals surface area (Å²) in [7, 11) is 0. The number of nitrogens with zero attached hydrogens (tertiary/aromatic N) is 8. The number of nitrogen functional groups attached to an aromatic ring is 1. The highest BCUT2D eigenvalue weighted by Crippen LogP contribution is 2.45. The number of aromatic nitrogens is 5. The molecule has 4 aromatic heterocycles. The van der Waals surface area contributed by atoms with Crippen LogP contribution in [0.2, 0.25) is 0 Å². The first-order valence-electron chi connectivity index (χ1n) is 12.9. The molecule has 0 aliphatic carbocycles. The molecule has 39 heavy (non-hydrogen) atoms. The third-order valence-electron chi connectivity index (χ3n) is 7.93. The summed E-state index contributed by atoms with van der Waals surface area (Å²) in [5.41, 5.74) is 11.2. The average molecular weight is 540 g/mol. The lowest BCUT2D eigenvalue weighted by atomic mass is 9.85. The summed E-state index contributed by atoms with van der Waals surface area (Å²) in [4.78, 5) is 42.0. The Morgan fingerprint density at radius 3 is 2.56 bits per heavy atom. The first-order valence-corrected chi connectivity index (χ1v) is 13.8. The molecular formula is C27H25N9O2S. The van der Waals surface area contributed by atoms with E-state index in [0.29, 0.717) is 41.9 Å². The molecule has 7 heterocycles. The molecule has 2 fully saturated rings. The summed E-state index contributed by atoms with van der Waals surface area (Å²) in [6.07, 6.45) is 10.7. The molecule has 2 N–H and O–H groups in total. The van der Waals surface area contributed by atoms with Crippen molar-refractivity contribution in [2.24, 2.45) is 10.2 Å². The first kappa shape index (κ1) is 23.8. The maximum atomic E-state index is 13.2. The second-order valence-corrected chi connectivity index (χ2v) is 11.1. The molecule has 1 amide bonds. The first-order chi connectivity index (χ1) is 19.0. The van der Waals surface area contributed by atoms with Gasteiger partial charge in [-0.1, -0.05) is 6.07 Å². The largest absolute Gasteiger partial charge is 0.383 e. The number of hydrogen-bond acceptors (Lipinski definition) is 10. The fourth-order valence-corrected chi connectivity index (χ4v) is 6.83. The van der Waals surface area contributed by atoms with Crippen LogP contribution in [0.1, 0.15) is 61.0 Å². The van der Waals surface area contributed by atoms with E-state index in [0.717, 1.165) is 34.7 Å². The average Bonchev–Trinajstić information content (AvgIpc) is 3.75. The number of nitrogens with two attached hydrogens (primary N) is 1. The van der Waals surface area contributed by atoms with Gasteiger partial charge < -0.3 is 10.6 Å². The molecule has 3 aliphatic heterocycles. The van der Waals surface area contributed by atoms with Crippen LogP contribution in [0, 0.1) is 0 Å². The normalized spacial score (nSPS) is 22.0. The van der Waals surface area contributed by atoms with Crippen molar-refractivity contribution >= 4 is 46.4 Å². The number of hydrogen-bond donors (Lipinski definition) is 1. The van der Waals surface area contributed by atoms with Crippen molar-refractivity contribution in [1.82, 2.24) is 29.5 Å². The zero-order valence-corrected chi connectivity index (χ0v) is 22.0. The molecule has 0 radical (unpaired) electrons. The molecule has 0 saturated carbocycles. The second-order valence-electron chi connectivity index (χ2n) is 10.2.